The Labute approximate surface area is 145 Å². The van der Waals surface area contributed by atoms with Crippen LogP contribution in [0.2, 0.25) is 0 Å². The summed E-state index contributed by atoms with van der Waals surface area (Å²) in [7, 11) is 1.90. The van der Waals surface area contributed by atoms with E-state index in [2.05, 4.69) is 20.5 Å². The minimum atomic E-state index is -0.574. The fourth-order valence-electron chi connectivity index (χ4n) is 2.36. The summed E-state index contributed by atoms with van der Waals surface area (Å²) in [4.78, 5) is 18.1. The van der Waals surface area contributed by atoms with Gasteiger partial charge < -0.3 is 9.64 Å². The van der Waals surface area contributed by atoms with E-state index in [0.717, 1.165) is 5.69 Å². The van der Waals surface area contributed by atoms with Gasteiger partial charge in [0, 0.05) is 25.1 Å². The molecule has 130 valence electrons. The van der Waals surface area contributed by atoms with Crippen molar-refractivity contribution in [3.05, 3.63) is 42.2 Å². The highest BCUT2D eigenvalue weighted by Crippen LogP contribution is 2.25. The van der Waals surface area contributed by atoms with Gasteiger partial charge in [-0.3, -0.25) is 9.72 Å². The quantitative estimate of drug-likeness (QED) is 0.785. The van der Waals surface area contributed by atoms with Gasteiger partial charge in [-0.2, -0.15) is 0 Å². The zero-order valence-corrected chi connectivity index (χ0v) is 14.6. The number of ether oxygens (including phenoxy) is 1. The number of hydrogen-bond donors (Lipinski definition) is 1. The summed E-state index contributed by atoms with van der Waals surface area (Å²) in [5.74, 6) is 0.908. The SMILES string of the molecule is Cc1ccc(N(C)c2nccn3c(NC(=O)OC(C)C)nnc23)cc1. The van der Waals surface area contributed by atoms with E-state index in [-0.39, 0.29) is 12.1 Å². The molecule has 3 rings (SSSR count). The average Bonchev–Trinajstić information content (AvgIpc) is 2.97. The third-order valence-corrected chi connectivity index (χ3v) is 3.60. The number of rotatable bonds is 4. The van der Waals surface area contributed by atoms with Crippen molar-refractivity contribution in [3.8, 4) is 0 Å². The molecule has 0 saturated carbocycles. The number of nitrogens with one attached hydrogen (secondary N) is 1. The molecule has 1 N–H and O–H groups in total. The summed E-state index contributed by atoms with van der Waals surface area (Å²) in [5, 5.41) is 10.8. The Morgan fingerprint density at radius 2 is 1.96 bits per heavy atom. The molecule has 25 heavy (non-hydrogen) atoms. The van der Waals surface area contributed by atoms with Crippen LogP contribution < -0.4 is 10.2 Å². The van der Waals surface area contributed by atoms with E-state index in [1.54, 1.807) is 30.6 Å². The summed E-state index contributed by atoms with van der Waals surface area (Å²) in [6, 6.07) is 8.08. The molecule has 2 aromatic heterocycles. The molecule has 0 radical (unpaired) electrons. The van der Waals surface area contributed by atoms with Crippen LogP contribution in [0.15, 0.2) is 36.7 Å². The third kappa shape index (κ3) is 3.52. The van der Waals surface area contributed by atoms with Gasteiger partial charge in [-0.1, -0.05) is 17.7 Å². The Morgan fingerprint density at radius 1 is 1.24 bits per heavy atom. The predicted octanol–water partition coefficient (Wildman–Crippen LogP) is 3.16. The Kier molecular flexibility index (Phi) is 4.51. The van der Waals surface area contributed by atoms with E-state index >= 15 is 0 Å². The highest BCUT2D eigenvalue weighted by Gasteiger charge is 2.17. The summed E-state index contributed by atoms with van der Waals surface area (Å²) in [6.45, 7) is 5.59. The number of carbonyl (C=O) groups is 1. The first-order valence-electron chi connectivity index (χ1n) is 7.93. The highest BCUT2D eigenvalue weighted by molar-refractivity contribution is 5.83. The lowest BCUT2D eigenvalue weighted by Gasteiger charge is -2.18. The molecule has 0 bridgehead atoms. The molecule has 0 aliphatic heterocycles. The van der Waals surface area contributed by atoms with Gasteiger partial charge in [0.1, 0.15) is 0 Å². The number of benzene rings is 1. The molecule has 0 aliphatic rings. The topological polar surface area (TPSA) is 84.7 Å². The maximum Gasteiger partial charge on any atom is 0.414 e. The van der Waals surface area contributed by atoms with Crippen molar-refractivity contribution in [2.45, 2.75) is 26.9 Å². The lowest BCUT2D eigenvalue weighted by Crippen LogP contribution is -2.19. The molecule has 0 aliphatic carbocycles. The van der Waals surface area contributed by atoms with Crippen LogP contribution >= 0.6 is 0 Å². The number of aryl methyl sites for hydroxylation is 1. The Morgan fingerprint density at radius 3 is 2.64 bits per heavy atom. The van der Waals surface area contributed by atoms with Crippen LogP contribution in [0.3, 0.4) is 0 Å². The summed E-state index contributed by atoms with van der Waals surface area (Å²) >= 11 is 0. The lowest BCUT2D eigenvalue weighted by atomic mass is 10.2. The second-order valence-corrected chi connectivity index (χ2v) is 5.94. The molecule has 0 spiro atoms. The van der Waals surface area contributed by atoms with Gasteiger partial charge >= 0.3 is 6.09 Å². The molecule has 0 saturated heterocycles. The summed E-state index contributed by atoms with van der Waals surface area (Å²) < 4.78 is 6.73. The van der Waals surface area contributed by atoms with E-state index in [1.807, 2.05) is 43.1 Å². The monoisotopic (exact) mass is 340 g/mol. The normalized spacial score (nSPS) is 10.9. The van der Waals surface area contributed by atoms with Crippen molar-refractivity contribution in [2.24, 2.45) is 0 Å². The van der Waals surface area contributed by atoms with Gasteiger partial charge in [0.15, 0.2) is 5.82 Å². The fraction of sp³-hybridized carbons (Fsp3) is 0.294. The van der Waals surface area contributed by atoms with Crippen LogP contribution in [0, 0.1) is 6.92 Å². The first-order valence-corrected chi connectivity index (χ1v) is 7.93. The van der Waals surface area contributed by atoms with Crippen LogP contribution in [-0.4, -0.2) is 38.8 Å². The zero-order valence-electron chi connectivity index (χ0n) is 14.6. The van der Waals surface area contributed by atoms with Crippen molar-refractivity contribution in [3.63, 3.8) is 0 Å². The van der Waals surface area contributed by atoms with Crippen LogP contribution in [0.25, 0.3) is 5.65 Å². The van der Waals surface area contributed by atoms with E-state index in [0.29, 0.717) is 11.5 Å². The Balaban J connectivity index is 1.93. The van der Waals surface area contributed by atoms with Gasteiger partial charge in [-0.15, -0.1) is 10.2 Å². The first kappa shape index (κ1) is 16.7. The van der Waals surface area contributed by atoms with Crippen molar-refractivity contribution >= 4 is 29.2 Å². The molecular formula is C17H20N6O2. The minimum Gasteiger partial charge on any atom is -0.447 e. The van der Waals surface area contributed by atoms with Gasteiger partial charge in [0.05, 0.1) is 6.10 Å². The number of carbonyl (C=O) groups excluding carboxylic acids is 1. The molecule has 8 heteroatoms. The summed E-state index contributed by atoms with van der Waals surface area (Å²) in [5.41, 5.74) is 2.69. The van der Waals surface area contributed by atoms with Crippen LogP contribution in [-0.2, 0) is 4.74 Å². The second kappa shape index (κ2) is 6.76. The molecular weight excluding hydrogens is 320 g/mol. The average molecular weight is 340 g/mol. The Hall–Kier alpha value is -3.16. The molecule has 1 aromatic carbocycles. The molecule has 3 aromatic rings. The Bertz CT molecular complexity index is 888. The number of hydrogen-bond acceptors (Lipinski definition) is 6. The highest BCUT2D eigenvalue weighted by atomic mass is 16.6. The van der Waals surface area contributed by atoms with E-state index in [9.17, 15) is 4.79 Å². The van der Waals surface area contributed by atoms with E-state index in [4.69, 9.17) is 4.74 Å². The van der Waals surface area contributed by atoms with Crippen molar-refractivity contribution in [1.29, 1.82) is 0 Å². The van der Waals surface area contributed by atoms with Crippen molar-refractivity contribution in [2.75, 3.05) is 17.3 Å². The maximum absolute atomic E-state index is 11.8. The smallest absolute Gasteiger partial charge is 0.414 e. The number of aromatic nitrogens is 4. The zero-order chi connectivity index (χ0) is 18.0. The molecule has 0 atom stereocenters. The fourth-order valence-corrected chi connectivity index (χ4v) is 2.36. The largest absolute Gasteiger partial charge is 0.447 e. The van der Waals surface area contributed by atoms with Crippen LogP contribution in [0.5, 0.6) is 0 Å². The van der Waals surface area contributed by atoms with Crippen LogP contribution in [0.1, 0.15) is 19.4 Å². The molecule has 0 unspecified atom stereocenters. The standard InChI is InChI=1S/C17H20N6O2/c1-11(2)25-17(24)19-16-21-20-15-14(18-9-10-23(15)16)22(4)13-7-5-12(3)6-8-13/h5-11H,1-4H3,(H,19,21,24). The van der Waals surface area contributed by atoms with E-state index in [1.165, 1.54) is 5.56 Å². The molecule has 2 heterocycles. The van der Waals surface area contributed by atoms with Gasteiger partial charge in [-0.25, -0.2) is 9.78 Å². The lowest BCUT2D eigenvalue weighted by molar-refractivity contribution is 0.129. The maximum atomic E-state index is 11.8. The number of amides is 1. The molecule has 0 fully saturated rings. The molecule has 8 nitrogen and oxygen atoms in total. The predicted molar refractivity (Wildman–Crippen MR) is 95.3 cm³/mol. The van der Waals surface area contributed by atoms with Crippen molar-refractivity contribution < 1.29 is 9.53 Å². The van der Waals surface area contributed by atoms with Crippen molar-refractivity contribution in [1.82, 2.24) is 19.6 Å². The second-order valence-electron chi connectivity index (χ2n) is 5.94. The van der Waals surface area contributed by atoms with Gasteiger partial charge in [0.25, 0.3) is 0 Å². The number of fused-ring (bicyclic) bond motifs is 1. The van der Waals surface area contributed by atoms with Gasteiger partial charge in [0.2, 0.25) is 11.6 Å². The molecule has 1 amide bonds. The minimum absolute atomic E-state index is 0.218. The number of nitrogens with zero attached hydrogens (tertiary/aromatic N) is 5. The third-order valence-electron chi connectivity index (χ3n) is 3.60. The number of anilines is 3. The van der Waals surface area contributed by atoms with E-state index < -0.39 is 6.09 Å². The van der Waals surface area contributed by atoms with Crippen LogP contribution in [0.4, 0.5) is 22.2 Å². The first-order chi connectivity index (χ1) is 12.0. The summed E-state index contributed by atoms with van der Waals surface area (Å²) in [6.07, 6.45) is 2.53. The van der Waals surface area contributed by atoms with Gasteiger partial charge in [-0.05, 0) is 32.9 Å².